The number of hydrogen-bond acceptors (Lipinski definition) is 3. The lowest BCUT2D eigenvalue weighted by atomic mass is 10.0. The Bertz CT molecular complexity index is 329. The van der Waals surface area contributed by atoms with Gasteiger partial charge in [-0.15, -0.1) is 11.3 Å². The predicted octanol–water partition coefficient (Wildman–Crippen LogP) is 4.24. The van der Waals surface area contributed by atoms with Gasteiger partial charge in [0.25, 0.3) is 0 Å². The summed E-state index contributed by atoms with van der Waals surface area (Å²) < 4.78 is 6.52. The van der Waals surface area contributed by atoms with Crippen molar-refractivity contribution >= 4 is 27.3 Å². The van der Waals surface area contributed by atoms with E-state index in [0.717, 1.165) is 19.4 Å². The molecule has 104 valence electrons. The fourth-order valence-electron chi connectivity index (χ4n) is 1.88. The van der Waals surface area contributed by atoms with E-state index >= 15 is 0 Å². The van der Waals surface area contributed by atoms with Crippen LogP contribution in [0.5, 0.6) is 0 Å². The zero-order valence-corrected chi connectivity index (χ0v) is 13.9. The maximum absolute atomic E-state index is 5.33. The molecule has 1 heterocycles. The van der Waals surface area contributed by atoms with Crippen molar-refractivity contribution in [3.05, 3.63) is 20.8 Å². The van der Waals surface area contributed by atoms with Crippen LogP contribution in [-0.2, 0) is 11.2 Å². The first-order chi connectivity index (χ1) is 8.65. The molecule has 2 unspecified atom stereocenters. The van der Waals surface area contributed by atoms with E-state index in [1.54, 1.807) is 7.11 Å². The molecule has 0 aliphatic carbocycles. The van der Waals surface area contributed by atoms with Crippen molar-refractivity contribution in [3.8, 4) is 0 Å². The Morgan fingerprint density at radius 3 is 2.78 bits per heavy atom. The molecule has 0 aliphatic heterocycles. The van der Waals surface area contributed by atoms with Crippen LogP contribution in [0.1, 0.15) is 38.0 Å². The first-order valence-electron chi connectivity index (χ1n) is 6.64. The molecule has 1 rings (SSSR count). The van der Waals surface area contributed by atoms with E-state index in [0.29, 0.717) is 12.1 Å². The minimum atomic E-state index is 0.353. The molecule has 0 amide bonds. The van der Waals surface area contributed by atoms with Gasteiger partial charge in [-0.3, -0.25) is 0 Å². The highest BCUT2D eigenvalue weighted by atomic mass is 79.9. The molecule has 0 spiro atoms. The van der Waals surface area contributed by atoms with Crippen molar-refractivity contribution in [3.63, 3.8) is 0 Å². The molecular formula is C14H24BrNOS. The lowest BCUT2D eigenvalue weighted by molar-refractivity contribution is 0.106. The fraction of sp³-hybridized carbons (Fsp3) is 0.714. The zero-order chi connectivity index (χ0) is 13.4. The summed E-state index contributed by atoms with van der Waals surface area (Å²) in [5.74, 6) is 0. The molecule has 2 atom stereocenters. The molecule has 1 aromatic rings. The summed E-state index contributed by atoms with van der Waals surface area (Å²) in [6.07, 6.45) is 4.94. The van der Waals surface area contributed by atoms with E-state index in [1.807, 2.05) is 11.3 Å². The molecule has 0 fully saturated rings. The van der Waals surface area contributed by atoms with Gasteiger partial charge in [0.05, 0.1) is 6.10 Å². The van der Waals surface area contributed by atoms with Crippen LogP contribution < -0.4 is 5.32 Å². The van der Waals surface area contributed by atoms with Crippen molar-refractivity contribution in [2.45, 2.75) is 51.7 Å². The van der Waals surface area contributed by atoms with E-state index in [-0.39, 0.29) is 0 Å². The first-order valence-corrected chi connectivity index (χ1v) is 8.32. The molecular weight excluding hydrogens is 310 g/mol. The summed E-state index contributed by atoms with van der Waals surface area (Å²) in [4.78, 5) is 1.44. The second-order valence-corrected chi connectivity index (χ2v) is 6.62. The number of rotatable bonds is 9. The topological polar surface area (TPSA) is 21.3 Å². The second kappa shape index (κ2) is 9.08. The van der Waals surface area contributed by atoms with Gasteiger partial charge in [-0.25, -0.2) is 0 Å². The van der Waals surface area contributed by atoms with E-state index in [2.05, 4.69) is 46.5 Å². The van der Waals surface area contributed by atoms with Crippen LogP contribution in [0.3, 0.4) is 0 Å². The van der Waals surface area contributed by atoms with Gasteiger partial charge in [-0.2, -0.15) is 0 Å². The average molecular weight is 334 g/mol. The highest BCUT2D eigenvalue weighted by molar-refractivity contribution is 9.10. The fourth-order valence-corrected chi connectivity index (χ4v) is 3.41. The van der Waals surface area contributed by atoms with Gasteiger partial charge in [0, 0.05) is 27.9 Å². The Morgan fingerprint density at radius 1 is 1.44 bits per heavy atom. The zero-order valence-electron chi connectivity index (χ0n) is 11.5. The van der Waals surface area contributed by atoms with Crippen LogP contribution in [0, 0.1) is 0 Å². The van der Waals surface area contributed by atoms with Gasteiger partial charge in [0.1, 0.15) is 0 Å². The normalized spacial score (nSPS) is 14.7. The molecule has 2 nitrogen and oxygen atoms in total. The van der Waals surface area contributed by atoms with Gasteiger partial charge >= 0.3 is 0 Å². The summed E-state index contributed by atoms with van der Waals surface area (Å²) >= 11 is 5.35. The molecule has 4 heteroatoms. The number of nitrogens with one attached hydrogen (secondary N) is 1. The molecule has 18 heavy (non-hydrogen) atoms. The summed E-state index contributed by atoms with van der Waals surface area (Å²) in [7, 11) is 1.79. The van der Waals surface area contributed by atoms with Crippen LogP contribution in [0.25, 0.3) is 0 Å². The van der Waals surface area contributed by atoms with Gasteiger partial charge in [-0.1, -0.05) is 6.92 Å². The average Bonchev–Trinajstić information content (AvgIpc) is 2.77. The lowest BCUT2D eigenvalue weighted by Gasteiger charge is -2.19. The molecule has 1 aromatic heterocycles. The van der Waals surface area contributed by atoms with Gasteiger partial charge in [0.2, 0.25) is 0 Å². The van der Waals surface area contributed by atoms with E-state index < -0.39 is 0 Å². The molecule has 0 saturated carbocycles. The van der Waals surface area contributed by atoms with E-state index in [9.17, 15) is 0 Å². The maximum Gasteiger partial charge on any atom is 0.0543 e. The molecule has 0 radical (unpaired) electrons. The number of halogens is 1. The summed E-state index contributed by atoms with van der Waals surface area (Å²) in [5, 5.41) is 5.80. The van der Waals surface area contributed by atoms with Crippen molar-refractivity contribution in [2.24, 2.45) is 0 Å². The van der Waals surface area contributed by atoms with Crippen molar-refractivity contribution in [1.29, 1.82) is 0 Å². The van der Waals surface area contributed by atoms with Crippen molar-refractivity contribution < 1.29 is 4.74 Å². The highest BCUT2D eigenvalue weighted by Crippen LogP contribution is 2.22. The Kier molecular flexibility index (Phi) is 8.15. The monoisotopic (exact) mass is 333 g/mol. The largest absolute Gasteiger partial charge is 0.382 e. The molecule has 1 N–H and O–H groups in total. The maximum atomic E-state index is 5.33. The SMILES string of the molecule is CCCNC(CCC(C)OC)Cc1cc(Br)cs1. The number of hydrogen-bond donors (Lipinski definition) is 1. The smallest absolute Gasteiger partial charge is 0.0543 e. The van der Waals surface area contributed by atoms with Crippen molar-refractivity contribution in [1.82, 2.24) is 5.32 Å². The summed E-state index contributed by atoms with van der Waals surface area (Å²) in [5.41, 5.74) is 0. The van der Waals surface area contributed by atoms with E-state index in [1.165, 1.54) is 22.2 Å². The third-order valence-corrected chi connectivity index (χ3v) is 4.80. The van der Waals surface area contributed by atoms with Gasteiger partial charge in [0.15, 0.2) is 0 Å². The Labute approximate surface area is 123 Å². The van der Waals surface area contributed by atoms with Gasteiger partial charge < -0.3 is 10.1 Å². The van der Waals surface area contributed by atoms with Crippen LogP contribution in [-0.4, -0.2) is 25.8 Å². The Hall–Kier alpha value is 0.1000. The third-order valence-electron chi connectivity index (χ3n) is 3.08. The lowest BCUT2D eigenvalue weighted by Crippen LogP contribution is -2.32. The molecule has 0 bridgehead atoms. The van der Waals surface area contributed by atoms with Crippen LogP contribution in [0.2, 0.25) is 0 Å². The third kappa shape index (κ3) is 6.32. The quantitative estimate of drug-likeness (QED) is 0.729. The second-order valence-electron chi connectivity index (χ2n) is 4.71. The molecule has 0 aromatic carbocycles. The van der Waals surface area contributed by atoms with Crippen LogP contribution in [0.4, 0.5) is 0 Å². The van der Waals surface area contributed by atoms with Crippen molar-refractivity contribution in [2.75, 3.05) is 13.7 Å². The minimum Gasteiger partial charge on any atom is -0.382 e. The van der Waals surface area contributed by atoms with Crippen LogP contribution >= 0.6 is 27.3 Å². The standard InChI is InChI=1S/C14H24BrNOS/c1-4-7-16-13(6-5-11(2)17-3)9-14-8-12(15)10-18-14/h8,10-11,13,16H,4-7,9H2,1-3H3. The summed E-state index contributed by atoms with van der Waals surface area (Å²) in [6.45, 7) is 5.45. The number of ether oxygens (including phenoxy) is 1. The van der Waals surface area contributed by atoms with Crippen LogP contribution in [0.15, 0.2) is 15.9 Å². The Morgan fingerprint density at radius 2 is 2.22 bits per heavy atom. The minimum absolute atomic E-state index is 0.353. The molecule has 0 saturated heterocycles. The van der Waals surface area contributed by atoms with Gasteiger partial charge in [-0.05, 0) is 61.1 Å². The molecule has 0 aliphatic rings. The summed E-state index contributed by atoms with van der Waals surface area (Å²) in [6, 6.07) is 2.79. The highest BCUT2D eigenvalue weighted by Gasteiger charge is 2.12. The predicted molar refractivity (Wildman–Crippen MR) is 83.5 cm³/mol. The number of thiophene rings is 1. The van der Waals surface area contributed by atoms with E-state index in [4.69, 9.17) is 4.74 Å². The first kappa shape index (κ1) is 16.2. The Balaban J connectivity index is 2.44. The number of methoxy groups -OCH3 is 1.